The Labute approximate surface area is 98.1 Å². The Hall–Kier alpha value is -1.09. The summed E-state index contributed by atoms with van der Waals surface area (Å²) in [5.41, 5.74) is 2.49. The Balaban J connectivity index is 2.53. The van der Waals surface area contributed by atoms with Crippen molar-refractivity contribution in [2.24, 2.45) is 0 Å². The van der Waals surface area contributed by atoms with E-state index in [1.807, 2.05) is 12.4 Å². The Morgan fingerprint density at radius 2 is 2.13 bits per heavy atom. The van der Waals surface area contributed by atoms with Crippen LogP contribution in [-0.2, 0) is 11.8 Å². The Morgan fingerprint density at radius 3 is 2.87 bits per heavy atom. The fraction of sp³-hybridized carbons (Fsp3) is 0.250. The number of aromatic nitrogens is 2. The molecular weight excluding hydrogens is 252 g/mol. The van der Waals surface area contributed by atoms with Gasteiger partial charge in [0, 0.05) is 24.1 Å². The molecule has 15 heavy (non-hydrogen) atoms. The first-order valence-electron chi connectivity index (χ1n) is 5.03. The lowest BCUT2D eigenvalue weighted by atomic mass is 10.2. The average Bonchev–Trinajstić information content (AvgIpc) is 2.76. The average molecular weight is 265 g/mol. The molecule has 1 aromatic carbocycles. The van der Waals surface area contributed by atoms with Crippen LogP contribution in [0.15, 0.2) is 36.7 Å². The second-order valence-corrected chi connectivity index (χ2v) is 3.89. The van der Waals surface area contributed by atoms with Crippen LogP contribution in [0.3, 0.4) is 0 Å². The molecule has 0 bridgehead atoms. The van der Waals surface area contributed by atoms with E-state index in [0.717, 1.165) is 17.6 Å². The van der Waals surface area contributed by atoms with Gasteiger partial charge in [-0.05, 0) is 11.6 Å². The van der Waals surface area contributed by atoms with Crippen molar-refractivity contribution in [3.8, 4) is 5.69 Å². The largest absolute Gasteiger partial charge is 0.303 e. The molecule has 0 radical (unpaired) electrons. The lowest BCUT2D eigenvalue weighted by Gasteiger charge is -2.10. The van der Waals surface area contributed by atoms with Gasteiger partial charge in [-0.15, -0.1) is 0 Å². The molecular formula is C12H13BrN2. The lowest BCUT2D eigenvalue weighted by Crippen LogP contribution is -2.01. The molecule has 0 atom stereocenters. The molecule has 2 nitrogen and oxygen atoms in total. The van der Waals surface area contributed by atoms with Crippen molar-refractivity contribution in [3.05, 3.63) is 48.0 Å². The van der Waals surface area contributed by atoms with E-state index in [1.165, 1.54) is 11.3 Å². The topological polar surface area (TPSA) is 17.8 Å². The van der Waals surface area contributed by atoms with Gasteiger partial charge in [-0.25, -0.2) is 4.98 Å². The number of imidazole rings is 1. The zero-order valence-corrected chi connectivity index (χ0v) is 10.2. The second kappa shape index (κ2) is 4.62. The van der Waals surface area contributed by atoms with E-state index in [9.17, 15) is 0 Å². The SMILES string of the molecule is CCc1nccn1-c1ccccc1CBr. The van der Waals surface area contributed by atoms with Gasteiger partial charge in [-0.2, -0.15) is 0 Å². The molecule has 0 N–H and O–H groups in total. The third-order valence-corrected chi connectivity index (χ3v) is 3.03. The molecule has 2 rings (SSSR count). The molecule has 0 saturated heterocycles. The summed E-state index contributed by atoms with van der Waals surface area (Å²) < 4.78 is 2.15. The summed E-state index contributed by atoms with van der Waals surface area (Å²) in [6.45, 7) is 2.12. The Kier molecular flexibility index (Phi) is 3.21. The zero-order valence-electron chi connectivity index (χ0n) is 8.65. The van der Waals surface area contributed by atoms with Gasteiger partial charge >= 0.3 is 0 Å². The molecule has 0 spiro atoms. The molecule has 0 amide bonds. The van der Waals surface area contributed by atoms with Crippen molar-refractivity contribution in [1.29, 1.82) is 0 Å². The first-order valence-corrected chi connectivity index (χ1v) is 6.15. The first kappa shape index (κ1) is 10.4. The first-order chi connectivity index (χ1) is 7.36. The lowest BCUT2D eigenvalue weighted by molar-refractivity contribution is 0.885. The van der Waals surface area contributed by atoms with E-state index >= 15 is 0 Å². The maximum absolute atomic E-state index is 4.33. The van der Waals surface area contributed by atoms with Crippen molar-refractivity contribution < 1.29 is 0 Å². The van der Waals surface area contributed by atoms with Crippen molar-refractivity contribution >= 4 is 15.9 Å². The molecule has 0 aliphatic rings. The number of halogens is 1. The molecule has 0 aliphatic carbocycles. The van der Waals surface area contributed by atoms with Crippen LogP contribution >= 0.6 is 15.9 Å². The van der Waals surface area contributed by atoms with E-state index < -0.39 is 0 Å². The summed E-state index contributed by atoms with van der Waals surface area (Å²) in [5.74, 6) is 1.10. The minimum Gasteiger partial charge on any atom is -0.303 e. The number of benzene rings is 1. The number of rotatable bonds is 3. The fourth-order valence-electron chi connectivity index (χ4n) is 1.67. The molecule has 2 aromatic rings. The normalized spacial score (nSPS) is 10.5. The third kappa shape index (κ3) is 1.97. The molecule has 1 aromatic heterocycles. The molecule has 0 saturated carbocycles. The van der Waals surface area contributed by atoms with Crippen LogP contribution in [0.1, 0.15) is 18.3 Å². The number of para-hydroxylation sites is 1. The van der Waals surface area contributed by atoms with Gasteiger partial charge in [0.05, 0.1) is 5.69 Å². The van der Waals surface area contributed by atoms with Crippen molar-refractivity contribution in [3.63, 3.8) is 0 Å². The molecule has 0 unspecified atom stereocenters. The molecule has 0 aliphatic heterocycles. The van der Waals surface area contributed by atoms with E-state index in [0.29, 0.717) is 0 Å². The van der Waals surface area contributed by atoms with Crippen LogP contribution in [-0.4, -0.2) is 9.55 Å². The van der Waals surface area contributed by atoms with Crippen LogP contribution in [0, 0.1) is 0 Å². The molecule has 3 heteroatoms. The van der Waals surface area contributed by atoms with Crippen LogP contribution in [0.5, 0.6) is 0 Å². The van der Waals surface area contributed by atoms with Crippen LogP contribution in [0.2, 0.25) is 0 Å². The quantitative estimate of drug-likeness (QED) is 0.778. The fourth-order valence-corrected chi connectivity index (χ4v) is 2.15. The summed E-state index contributed by atoms with van der Waals surface area (Å²) in [6, 6.07) is 8.37. The maximum Gasteiger partial charge on any atom is 0.112 e. The van der Waals surface area contributed by atoms with Gasteiger partial charge in [-0.3, -0.25) is 0 Å². The van der Waals surface area contributed by atoms with E-state index in [1.54, 1.807) is 0 Å². The minimum absolute atomic E-state index is 0.866. The van der Waals surface area contributed by atoms with E-state index in [4.69, 9.17) is 0 Å². The van der Waals surface area contributed by atoms with Gasteiger partial charge in [0.25, 0.3) is 0 Å². The highest BCUT2D eigenvalue weighted by Gasteiger charge is 2.06. The molecule has 0 fully saturated rings. The van der Waals surface area contributed by atoms with Gasteiger partial charge < -0.3 is 4.57 Å². The third-order valence-electron chi connectivity index (χ3n) is 2.43. The Bertz CT molecular complexity index is 448. The van der Waals surface area contributed by atoms with Gasteiger partial charge in [0.1, 0.15) is 5.82 Å². The van der Waals surface area contributed by atoms with Crippen LogP contribution in [0.4, 0.5) is 0 Å². The number of alkyl halides is 1. The number of hydrogen-bond donors (Lipinski definition) is 0. The second-order valence-electron chi connectivity index (χ2n) is 3.33. The van der Waals surface area contributed by atoms with E-state index in [-0.39, 0.29) is 0 Å². The monoisotopic (exact) mass is 264 g/mol. The minimum atomic E-state index is 0.866. The van der Waals surface area contributed by atoms with Crippen LogP contribution < -0.4 is 0 Å². The summed E-state index contributed by atoms with van der Waals surface area (Å²) in [6.07, 6.45) is 4.81. The highest BCUT2D eigenvalue weighted by Crippen LogP contribution is 2.18. The van der Waals surface area contributed by atoms with Crippen molar-refractivity contribution in [1.82, 2.24) is 9.55 Å². The number of nitrogens with zero attached hydrogens (tertiary/aromatic N) is 2. The maximum atomic E-state index is 4.33. The summed E-state index contributed by atoms with van der Waals surface area (Å²) in [7, 11) is 0. The predicted molar refractivity (Wildman–Crippen MR) is 65.6 cm³/mol. The van der Waals surface area contributed by atoms with Gasteiger partial charge in [0.15, 0.2) is 0 Å². The van der Waals surface area contributed by atoms with E-state index in [2.05, 4.69) is 56.7 Å². The van der Waals surface area contributed by atoms with Gasteiger partial charge in [-0.1, -0.05) is 41.1 Å². The Morgan fingerprint density at radius 1 is 1.33 bits per heavy atom. The van der Waals surface area contributed by atoms with Crippen molar-refractivity contribution in [2.45, 2.75) is 18.7 Å². The molecule has 78 valence electrons. The summed E-state index contributed by atoms with van der Waals surface area (Å²) in [5, 5.41) is 0.866. The number of hydrogen-bond acceptors (Lipinski definition) is 1. The molecule has 1 heterocycles. The highest BCUT2D eigenvalue weighted by molar-refractivity contribution is 9.08. The van der Waals surface area contributed by atoms with Gasteiger partial charge in [0.2, 0.25) is 0 Å². The number of aryl methyl sites for hydroxylation is 1. The van der Waals surface area contributed by atoms with Crippen LogP contribution in [0.25, 0.3) is 5.69 Å². The summed E-state index contributed by atoms with van der Waals surface area (Å²) in [4.78, 5) is 4.33. The predicted octanol–water partition coefficient (Wildman–Crippen LogP) is 3.33. The smallest absolute Gasteiger partial charge is 0.112 e. The zero-order chi connectivity index (χ0) is 10.7. The summed E-state index contributed by atoms with van der Waals surface area (Å²) >= 11 is 3.51. The standard InChI is InChI=1S/C12H13BrN2/c1-2-12-14-7-8-15(12)11-6-4-3-5-10(11)9-13/h3-8H,2,9H2,1H3. The highest BCUT2D eigenvalue weighted by atomic mass is 79.9. The van der Waals surface area contributed by atoms with Crippen molar-refractivity contribution in [2.75, 3.05) is 0 Å².